The Bertz CT molecular complexity index is 299. The van der Waals surface area contributed by atoms with Crippen LogP contribution >= 0.6 is 0 Å². The minimum absolute atomic E-state index is 0.266. The first kappa shape index (κ1) is 18.1. The molecule has 0 aromatic rings. The molecule has 0 heterocycles. The number of hydrogen-bond donors (Lipinski definition) is 0. The van der Waals surface area contributed by atoms with Gasteiger partial charge in [0, 0.05) is 6.42 Å². The van der Waals surface area contributed by atoms with Crippen molar-refractivity contribution < 1.29 is 4.79 Å². The molecule has 0 saturated heterocycles. The van der Waals surface area contributed by atoms with Crippen LogP contribution < -0.4 is 0 Å². The van der Waals surface area contributed by atoms with Crippen LogP contribution in [0, 0.1) is 11.8 Å². The van der Waals surface area contributed by atoms with Crippen molar-refractivity contribution in [1.29, 1.82) is 0 Å². The van der Waals surface area contributed by atoms with Gasteiger partial charge in [-0.15, -0.1) is 0 Å². The highest BCUT2D eigenvalue weighted by atomic mass is 16.1. The van der Waals surface area contributed by atoms with Gasteiger partial charge in [-0.25, -0.2) is 0 Å². The Kier molecular flexibility index (Phi) is 10.5. The van der Waals surface area contributed by atoms with Crippen LogP contribution in [0.15, 0.2) is 23.8 Å². The molecule has 0 aromatic heterocycles. The lowest BCUT2D eigenvalue weighted by Gasteiger charge is -2.18. The van der Waals surface area contributed by atoms with E-state index < -0.39 is 0 Å². The Morgan fingerprint density at radius 3 is 2.26 bits per heavy atom. The van der Waals surface area contributed by atoms with Crippen LogP contribution in [0.2, 0.25) is 0 Å². The molecular formula is C18H32O. The van der Waals surface area contributed by atoms with Crippen molar-refractivity contribution in [2.45, 2.75) is 73.1 Å². The first-order valence-corrected chi connectivity index (χ1v) is 7.96. The third kappa shape index (κ3) is 8.80. The molecule has 0 aliphatic heterocycles. The van der Waals surface area contributed by atoms with Crippen LogP contribution in [0.25, 0.3) is 0 Å². The van der Waals surface area contributed by atoms with Crippen LogP contribution in [-0.4, -0.2) is 5.78 Å². The second kappa shape index (κ2) is 11.0. The summed E-state index contributed by atoms with van der Waals surface area (Å²) >= 11 is 0. The van der Waals surface area contributed by atoms with Crippen molar-refractivity contribution in [3.8, 4) is 0 Å². The van der Waals surface area contributed by atoms with Crippen molar-refractivity contribution in [2.24, 2.45) is 11.8 Å². The van der Waals surface area contributed by atoms with E-state index in [0.717, 1.165) is 19.3 Å². The van der Waals surface area contributed by atoms with Crippen LogP contribution in [0.1, 0.15) is 73.1 Å². The van der Waals surface area contributed by atoms with Gasteiger partial charge in [0.05, 0.1) is 0 Å². The fraction of sp³-hybridized carbons (Fsp3) is 0.722. The smallest absolute Gasteiger partial charge is 0.155 e. The summed E-state index contributed by atoms with van der Waals surface area (Å²) < 4.78 is 0. The molecular weight excluding hydrogens is 232 g/mol. The second-order valence-corrected chi connectivity index (χ2v) is 5.53. The average molecular weight is 264 g/mol. The maximum atomic E-state index is 11.5. The minimum Gasteiger partial charge on any atom is -0.295 e. The van der Waals surface area contributed by atoms with E-state index in [1.807, 2.05) is 13.0 Å². The van der Waals surface area contributed by atoms with E-state index in [1.54, 1.807) is 0 Å². The molecule has 0 amide bonds. The van der Waals surface area contributed by atoms with Crippen molar-refractivity contribution in [3.05, 3.63) is 23.8 Å². The molecule has 0 rings (SSSR count). The Balaban J connectivity index is 4.40. The summed E-state index contributed by atoms with van der Waals surface area (Å²) in [6.45, 7) is 10.8. The highest BCUT2D eigenvalue weighted by molar-refractivity contribution is 5.89. The average Bonchev–Trinajstić information content (AvgIpc) is 2.42. The number of hydrogen-bond acceptors (Lipinski definition) is 1. The number of rotatable bonds is 10. The Hall–Kier alpha value is -0.850. The summed E-state index contributed by atoms with van der Waals surface area (Å²) in [6, 6.07) is 0. The molecule has 0 bridgehead atoms. The topological polar surface area (TPSA) is 17.1 Å². The van der Waals surface area contributed by atoms with Crippen LogP contribution in [-0.2, 0) is 4.79 Å². The maximum absolute atomic E-state index is 11.5. The molecule has 0 fully saturated rings. The molecule has 0 aliphatic rings. The van der Waals surface area contributed by atoms with Crippen LogP contribution in [0.4, 0.5) is 0 Å². The van der Waals surface area contributed by atoms with E-state index in [9.17, 15) is 4.79 Å². The summed E-state index contributed by atoms with van der Waals surface area (Å²) in [4.78, 5) is 11.5. The highest BCUT2D eigenvalue weighted by Gasteiger charge is 2.11. The van der Waals surface area contributed by atoms with Gasteiger partial charge in [-0.1, -0.05) is 52.3 Å². The summed E-state index contributed by atoms with van der Waals surface area (Å²) in [5, 5.41) is 0. The van der Waals surface area contributed by atoms with E-state index in [1.165, 1.54) is 18.4 Å². The Labute approximate surface area is 120 Å². The van der Waals surface area contributed by atoms with Crippen molar-refractivity contribution in [2.75, 3.05) is 0 Å². The summed E-state index contributed by atoms with van der Waals surface area (Å²) in [7, 11) is 0. The SMILES string of the molecule is CC/C=C/[C@H](CC)C[C@@H](C)C/C(=C/C(=O)CC)CC. The van der Waals surface area contributed by atoms with Gasteiger partial charge in [0.15, 0.2) is 5.78 Å². The first-order valence-electron chi connectivity index (χ1n) is 7.96. The zero-order chi connectivity index (χ0) is 14.7. The maximum Gasteiger partial charge on any atom is 0.155 e. The predicted octanol–water partition coefficient (Wildman–Crippen LogP) is 5.71. The zero-order valence-electron chi connectivity index (χ0n) is 13.5. The lowest BCUT2D eigenvalue weighted by molar-refractivity contribution is -0.114. The van der Waals surface area contributed by atoms with E-state index in [-0.39, 0.29) is 5.78 Å². The number of allylic oxidation sites excluding steroid dienone is 4. The van der Waals surface area contributed by atoms with Crippen molar-refractivity contribution in [3.63, 3.8) is 0 Å². The summed E-state index contributed by atoms with van der Waals surface area (Å²) in [5.41, 5.74) is 1.31. The third-order valence-electron chi connectivity index (χ3n) is 3.65. The number of carbonyl (C=O) groups is 1. The Morgan fingerprint density at radius 2 is 1.79 bits per heavy atom. The Morgan fingerprint density at radius 1 is 1.11 bits per heavy atom. The highest BCUT2D eigenvalue weighted by Crippen LogP contribution is 2.24. The van der Waals surface area contributed by atoms with Gasteiger partial charge in [0.2, 0.25) is 0 Å². The lowest BCUT2D eigenvalue weighted by Crippen LogP contribution is -2.05. The first-order chi connectivity index (χ1) is 9.07. The van der Waals surface area contributed by atoms with Gasteiger partial charge >= 0.3 is 0 Å². The molecule has 0 N–H and O–H groups in total. The summed E-state index contributed by atoms with van der Waals surface area (Å²) in [5.74, 6) is 1.61. The van der Waals surface area contributed by atoms with Gasteiger partial charge in [-0.2, -0.15) is 0 Å². The van der Waals surface area contributed by atoms with E-state index in [0.29, 0.717) is 18.3 Å². The zero-order valence-corrected chi connectivity index (χ0v) is 13.5. The standard InChI is InChI=1S/C18H32O/c1-6-10-11-16(7-2)12-15(5)13-17(8-3)14-18(19)9-4/h10-11,14-16H,6-9,12-13H2,1-5H3/b11-10+,17-14+/t15-,16+/m1/s1. The van der Waals surface area contributed by atoms with Crippen molar-refractivity contribution >= 4 is 5.78 Å². The van der Waals surface area contributed by atoms with Gasteiger partial charge in [0.1, 0.15) is 0 Å². The number of ketones is 1. The molecule has 0 spiro atoms. The minimum atomic E-state index is 0.266. The largest absolute Gasteiger partial charge is 0.295 e. The summed E-state index contributed by atoms with van der Waals surface area (Å²) in [6.07, 6.45) is 12.8. The molecule has 110 valence electrons. The molecule has 1 heteroatoms. The predicted molar refractivity (Wildman–Crippen MR) is 85.3 cm³/mol. The third-order valence-corrected chi connectivity index (χ3v) is 3.65. The molecule has 19 heavy (non-hydrogen) atoms. The monoisotopic (exact) mass is 264 g/mol. The molecule has 0 saturated carbocycles. The van der Waals surface area contributed by atoms with E-state index in [2.05, 4.69) is 39.8 Å². The second-order valence-electron chi connectivity index (χ2n) is 5.53. The van der Waals surface area contributed by atoms with E-state index in [4.69, 9.17) is 0 Å². The quantitative estimate of drug-likeness (QED) is 0.365. The van der Waals surface area contributed by atoms with E-state index >= 15 is 0 Å². The lowest BCUT2D eigenvalue weighted by atomic mass is 9.88. The molecule has 0 unspecified atom stereocenters. The fourth-order valence-corrected chi connectivity index (χ4v) is 2.39. The van der Waals surface area contributed by atoms with Crippen LogP contribution in [0.5, 0.6) is 0 Å². The molecule has 0 aromatic carbocycles. The normalized spacial score (nSPS) is 15.7. The van der Waals surface area contributed by atoms with Gasteiger partial charge in [0.25, 0.3) is 0 Å². The fourth-order valence-electron chi connectivity index (χ4n) is 2.39. The molecule has 0 aliphatic carbocycles. The van der Waals surface area contributed by atoms with Gasteiger partial charge in [-0.3, -0.25) is 4.79 Å². The molecule has 1 nitrogen and oxygen atoms in total. The van der Waals surface area contributed by atoms with Crippen molar-refractivity contribution in [1.82, 2.24) is 0 Å². The molecule has 2 atom stereocenters. The number of carbonyl (C=O) groups excluding carboxylic acids is 1. The van der Waals surface area contributed by atoms with Gasteiger partial charge in [-0.05, 0) is 50.0 Å². The van der Waals surface area contributed by atoms with Crippen LogP contribution in [0.3, 0.4) is 0 Å². The molecule has 0 radical (unpaired) electrons. The van der Waals surface area contributed by atoms with Gasteiger partial charge < -0.3 is 0 Å².